The summed E-state index contributed by atoms with van der Waals surface area (Å²) >= 11 is 0. The Bertz CT molecular complexity index is 992. The van der Waals surface area contributed by atoms with Crippen molar-refractivity contribution in [3.63, 3.8) is 0 Å². The number of carbonyl (C=O) groups excluding carboxylic acids is 1. The summed E-state index contributed by atoms with van der Waals surface area (Å²) in [5, 5.41) is 12.2. The second-order valence-corrected chi connectivity index (χ2v) is 7.68. The molecule has 2 aliphatic heterocycles. The number of fused-ring (bicyclic) bond motifs is 1. The van der Waals surface area contributed by atoms with Crippen molar-refractivity contribution in [2.24, 2.45) is 5.92 Å². The maximum Gasteiger partial charge on any atom is 0.290 e. The van der Waals surface area contributed by atoms with Gasteiger partial charge in [-0.2, -0.15) is 0 Å². The molecule has 0 bridgehead atoms. The first-order valence-electron chi connectivity index (χ1n) is 10.8. The van der Waals surface area contributed by atoms with E-state index in [0.29, 0.717) is 42.3 Å². The number of rotatable bonds is 8. The zero-order valence-electron chi connectivity index (χ0n) is 18.0. The Kier molecular flexibility index (Phi) is 6.82. The number of nitrogens with one attached hydrogen (secondary N) is 1. The highest BCUT2D eigenvalue weighted by atomic mass is 16.7. The molecule has 0 unspecified atom stereocenters. The predicted molar refractivity (Wildman–Crippen MR) is 119 cm³/mol. The van der Waals surface area contributed by atoms with Gasteiger partial charge in [0.15, 0.2) is 17.3 Å². The van der Waals surface area contributed by atoms with Crippen LogP contribution in [0.4, 0.5) is 11.4 Å². The summed E-state index contributed by atoms with van der Waals surface area (Å²) in [6.45, 7) is 2.55. The number of ether oxygens (including phenoxy) is 4. The number of anilines is 2. The molecule has 1 amide bonds. The van der Waals surface area contributed by atoms with Gasteiger partial charge in [-0.05, 0) is 55.7 Å². The standard InChI is InChI=1S/C24H28N2O6/c1-2-29-24-16(6-5-11-27)17(15-9-10-20-21(12-15)31-14-30-20)13-22(32-24)23(28)26-19-8-4-3-7-18(19)25/h3-4,7-10,12-13,16-17,24,27H,2,5-6,11,14,25H2,1H3,(H,26,28)/t16-,17-,24-/m1/s1. The molecular formula is C24H28N2O6. The number of amides is 1. The van der Waals surface area contributed by atoms with E-state index in [1.807, 2.05) is 31.2 Å². The molecule has 0 radical (unpaired) electrons. The Labute approximate surface area is 186 Å². The largest absolute Gasteiger partial charge is 0.459 e. The van der Waals surface area contributed by atoms with E-state index in [9.17, 15) is 9.90 Å². The summed E-state index contributed by atoms with van der Waals surface area (Å²) < 4.78 is 22.9. The number of aliphatic hydroxyl groups excluding tert-OH is 1. The lowest BCUT2D eigenvalue weighted by molar-refractivity contribution is -0.165. The summed E-state index contributed by atoms with van der Waals surface area (Å²) in [7, 11) is 0. The van der Waals surface area contributed by atoms with Crippen molar-refractivity contribution in [2.75, 3.05) is 31.1 Å². The van der Waals surface area contributed by atoms with Crippen LogP contribution in [0, 0.1) is 5.92 Å². The molecule has 3 atom stereocenters. The first kappa shape index (κ1) is 22.0. The highest BCUT2D eigenvalue weighted by Gasteiger charge is 2.38. The minimum Gasteiger partial charge on any atom is -0.459 e. The van der Waals surface area contributed by atoms with Crippen LogP contribution in [0.15, 0.2) is 54.3 Å². The minimum atomic E-state index is -0.638. The third kappa shape index (κ3) is 4.66. The summed E-state index contributed by atoms with van der Waals surface area (Å²) in [6, 6.07) is 12.8. The quantitative estimate of drug-likeness (QED) is 0.540. The monoisotopic (exact) mass is 440 g/mol. The van der Waals surface area contributed by atoms with Crippen molar-refractivity contribution in [2.45, 2.75) is 32.0 Å². The van der Waals surface area contributed by atoms with Crippen LogP contribution in [0.25, 0.3) is 0 Å². The van der Waals surface area contributed by atoms with Crippen LogP contribution in [-0.4, -0.2) is 37.3 Å². The van der Waals surface area contributed by atoms with Crippen LogP contribution < -0.4 is 20.5 Å². The fourth-order valence-corrected chi connectivity index (χ4v) is 4.06. The summed E-state index contributed by atoms with van der Waals surface area (Å²) in [5.74, 6) is 0.833. The Hall–Kier alpha value is -3.23. The highest BCUT2D eigenvalue weighted by Crippen LogP contribution is 2.43. The fourth-order valence-electron chi connectivity index (χ4n) is 4.06. The second-order valence-electron chi connectivity index (χ2n) is 7.68. The molecule has 8 heteroatoms. The van der Waals surface area contributed by atoms with Gasteiger partial charge in [-0.1, -0.05) is 18.2 Å². The molecule has 0 aromatic heterocycles. The van der Waals surface area contributed by atoms with Crippen LogP contribution in [0.5, 0.6) is 11.5 Å². The molecule has 0 saturated carbocycles. The molecular weight excluding hydrogens is 412 g/mol. The molecule has 32 heavy (non-hydrogen) atoms. The zero-order valence-corrected chi connectivity index (χ0v) is 18.0. The lowest BCUT2D eigenvalue weighted by atomic mass is 9.80. The van der Waals surface area contributed by atoms with Crippen LogP contribution in [-0.2, 0) is 14.3 Å². The lowest BCUT2D eigenvalue weighted by Gasteiger charge is -2.37. The molecule has 0 aliphatic carbocycles. The fraction of sp³-hybridized carbons (Fsp3) is 0.375. The SMILES string of the molecule is CCO[C@@H]1OC(C(=O)Nc2ccccc2N)=C[C@H](c2ccc3c(c2)OCO3)[C@H]1CCCO. The highest BCUT2D eigenvalue weighted by molar-refractivity contribution is 6.04. The number of carbonyl (C=O) groups is 1. The van der Waals surface area contributed by atoms with Crippen LogP contribution in [0.2, 0.25) is 0 Å². The van der Waals surface area contributed by atoms with Gasteiger partial charge in [0.25, 0.3) is 5.91 Å². The molecule has 0 fully saturated rings. The average Bonchev–Trinajstić information content (AvgIpc) is 3.27. The molecule has 0 saturated heterocycles. The summed E-state index contributed by atoms with van der Waals surface area (Å²) in [4.78, 5) is 13.1. The van der Waals surface area contributed by atoms with Gasteiger partial charge in [0, 0.05) is 25.0 Å². The Morgan fingerprint density at radius 3 is 2.81 bits per heavy atom. The molecule has 0 spiro atoms. The van der Waals surface area contributed by atoms with Crippen molar-refractivity contribution in [3.05, 3.63) is 59.9 Å². The molecule has 4 N–H and O–H groups in total. The Balaban J connectivity index is 1.68. The van der Waals surface area contributed by atoms with Crippen LogP contribution >= 0.6 is 0 Å². The van der Waals surface area contributed by atoms with E-state index in [0.717, 1.165) is 5.56 Å². The number of para-hydroxylation sites is 2. The van der Waals surface area contributed by atoms with Gasteiger partial charge < -0.3 is 35.1 Å². The van der Waals surface area contributed by atoms with Crippen LogP contribution in [0.1, 0.15) is 31.2 Å². The predicted octanol–water partition coefficient (Wildman–Crippen LogP) is 3.39. The minimum absolute atomic E-state index is 0.0630. The van der Waals surface area contributed by atoms with E-state index >= 15 is 0 Å². The number of hydrogen-bond donors (Lipinski definition) is 3. The number of nitrogens with two attached hydrogens (primary N) is 1. The smallest absolute Gasteiger partial charge is 0.290 e. The topological polar surface area (TPSA) is 112 Å². The molecule has 170 valence electrons. The van der Waals surface area contributed by atoms with Crippen molar-refractivity contribution >= 4 is 17.3 Å². The number of aliphatic hydroxyl groups is 1. The third-order valence-corrected chi connectivity index (χ3v) is 5.63. The second kappa shape index (κ2) is 9.93. The van der Waals surface area contributed by atoms with E-state index in [2.05, 4.69) is 5.32 Å². The van der Waals surface area contributed by atoms with E-state index < -0.39 is 12.2 Å². The van der Waals surface area contributed by atoms with Gasteiger partial charge in [0.1, 0.15) is 0 Å². The number of hydrogen-bond acceptors (Lipinski definition) is 7. The molecule has 2 aromatic carbocycles. The van der Waals surface area contributed by atoms with E-state index in [4.69, 9.17) is 24.7 Å². The molecule has 2 heterocycles. The van der Waals surface area contributed by atoms with Crippen molar-refractivity contribution in [1.82, 2.24) is 0 Å². The molecule has 2 aromatic rings. The van der Waals surface area contributed by atoms with Gasteiger partial charge in [-0.3, -0.25) is 4.79 Å². The van der Waals surface area contributed by atoms with Gasteiger partial charge in [0.2, 0.25) is 13.1 Å². The first-order chi connectivity index (χ1) is 15.6. The Morgan fingerprint density at radius 2 is 2.03 bits per heavy atom. The van der Waals surface area contributed by atoms with Crippen LogP contribution in [0.3, 0.4) is 0 Å². The molecule has 8 nitrogen and oxygen atoms in total. The molecule has 4 rings (SSSR count). The van der Waals surface area contributed by atoms with E-state index in [1.165, 1.54) is 0 Å². The first-order valence-corrected chi connectivity index (χ1v) is 10.8. The van der Waals surface area contributed by atoms with Crippen molar-refractivity contribution < 1.29 is 28.8 Å². The van der Waals surface area contributed by atoms with Gasteiger partial charge in [-0.25, -0.2) is 0 Å². The zero-order chi connectivity index (χ0) is 22.5. The number of nitrogen functional groups attached to an aromatic ring is 1. The summed E-state index contributed by atoms with van der Waals surface area (Å²) in [6.07, 6.45) is 2.43. The van der Waals surface area contributed by atoms with Crippen molar-refractivity contribution in [1.29, 1.82) is 0 Å². The number of allylic oxidation sites excluding steroid dienone is 1. The maximum absolute atomic E-state index is 13.1. The summed E-state index contributed by atoms with van der Waals surface area (Å²) in [5.41, 5.74) is 7.90. The van der Waals surface area contributed by atoms with Crippen molar-refractivity contribution in [3.8, 4) is 11.5 Å². The van der Waals surface area contributed by atoms with Gasteiger partial charge in [0.05, 0.1) is 11.4 Å². The third-order valence-electron chi connectivity index (χ3n) is 5.63. The maximum atomic E-state index is 13.1. The normalized spacial score (nSPS) is 21.6. The van der Waals surface area contributed by atoms with E-state index in [1.54, 1.807) is 24.3 Å². The average molecular weight is 440 g/mol. The van der Waals surface area contributed by atoms with Gasteiger partial charge >= 0.3 is 0 Å². The molecule has 2 aliphatic rings. The van der Waals surface area contributed by atoms with Gasteiger partial charge in [-0.15, -0.1) is 0 Å². The van der Waals surface area contributed by atoms with E-state index in [-0.39, 0.29) is 31.0 Å². The lowest BCUT2D eigenvalue weighted by Crippen LogP contribution is -2.37. The Morgan fingerprint density at radius 1 is 1.22 bits per heavy atom. The number of benzene rings is 2.